The first-order chi connectivity index (χ1) is 12.2. The quantitative estimate of drug-likeness (QED) is 0.861. The molecule has 3 rings (SSSR count). The molecular weight excluding hydrogens is 312 g/mol. The SMILES string of the molecule is CCC(=O)N1CCN(C(=O)c2ccccc2)C(Cc2ccccc2)C1. The zero-order valence-electron chi connectivity index (χ0n) is 14.6. The number of rotatable bonds is 4. The van der Waals surface area contributed by atoms with Gasteiger partial charge >= 0.3 is 0 Å². The molecule has 130 valence electrons. The molecule has 0 bridgehead atoms. The van der Waals surface area contributed by atoms with Crippen LogP contribution < -0.4 is 0 Å². The molecule has 0 aliphatic carbocycles. The fourth-order valence-electron chi connectivity index (χ4n) is 3.38. The Labute approximate surface area is 149 Å². The van der Waals surface area contributed by atoms with E-state index in [1.165, 1.54) is 5.56 Å². The topological polar surface area (TPSA) is 40.6 Å². The number of nitrogens with zero attached hydrogens (tertiary/aromatic N) is 2. The maximum Gasteiger partial charge on any atom is 0.254 e. The predicted molar refractivity (Wildman–Crippen MR) is 98.3 cm³/mol. The normalized spacial score (nSPS) is 17.4. The molecule has 1 aliphatic rings. The lowest BCUT2D eigenvalue weighted by Crippen LogP contribution is -2.57. The summed E-state index contributed by atoms with van der Waals surface area (Å²) in [5, 5.41) is 0. The molecular formula is C21H24N2O2. The van der Waals surface area contributed by atoms with Crippen molar-refractivity contribution < 1.29 is 9.59 Å². The van der Waals surface area contributed by atoms with Gasteiger partial charge in [-0.25, -0.2) is 0 Å². The Hall–Kier alpha value is -2.62. The molecule has 2 aromatic rings. The molecule has 0 saturated carbocycles. The molecule has 0 aromatic heterocycles. The molecule has 1 heterocycles. The summed E-state index contributed by atoms with van der Waals surface area (Å²) in [4.78, 5) is 28.9. The summed E-state index contributed by atoms with van der Waals surface area (Å²) in [5.41, 5.74) is 1.89. The highest BCUT2D eigenvalue weighted by Crippen LogP contribution is 2.19. The Morgan fingerprint density at radius 1 is 0.960 bits per heavy atom. The van der Waals surface area contributed by atoms with E-state index in [0.717, 1.165) is 6.42 Å². The lowest BCUT2D eigenvalue weighted by molar-refractivity contribution is -0.133. The van der Waals surface area contributed by atoms with Gasteiger partial charge in [0.2, 0.25) is 5.91 Å². The minimum absolute atomic E-state index is 0.000596. The number of amides is 2. The van der Waals surface area contributed by atoms with Crippen LogP contribution in [0.25, 0.3) is 0 Å². The number of hydrogen-bond donors (Lipinski definition) is 0. The van der Waals surface area contributed by atoms with Gasteiger partial charge < -0.3 is 9.80 Å². The van der Waals surface area contributed by atoms with E-state index in [2.05, 4.69) is 12.1 Å². The van der Waals surface area contributed by atoms with Crippen LogP contribution in [0.4, 0.5) is 0 Å². The van der Waals surface area contributed by atoms with Crippen molar-refractivity contribution in [3.63, 3.8) is 0 Å². The van der Waals surface area contributed by atoms with Crippen molar-refractivity contribution in [2.45, 2.75) is 25.8 Å². The number of hydrogen-bond acceptors (Lipinski definition) is 2. The van der Waals surface area contributed by atoms with Crippen molar-refractivity contribution in [2.24, 2.45) is 0 Å². The monoisotopic (exact) mass is 336 g/mol. The minimum Gasteiger partial charge on any atom is -0.339 e. The zero-order chi connectivity index (χ0) is 17.6. The predicted octanol–water partition coefficient (Wildman–Crippen LogP) is 2.99. The summed E-state index contributed by atoms with van der Waals surface area (Å²) in [5.74, 6) is 0.204. The van der Waals surface area contributed by atoms with Crippen LogP contribution in [0, 0.1) is 0 Å². The Kier molecular flexibility index (Phi) is 5.49. The zero-order valence-corrected chi connectivity index (χ0v) is 14.6. The van der Waals surface area contributed by atoms with Crippen LogP contribution >= 0.6 is 0 Å². The second kappa shape index (κ2) is 7.97. The lowest BCUT2D eigenvalue weighted by atomic mass is 10.0. The Bertz CT molecular complexity index is 715. The van der Waals surface area contributed by atoms with Gasteiger partial charge in [0.15, 0.2) is 0 Å². The average Bonchev–Trinajstić information content (AvgIpc) is 2.68. The van der Waals surface area contributed by atoms with E-state index in [1.54, 1.807) is 0 Å². The second-order valence-electron chi connectivity index (χ2n) is 6.40. The van der Waals surface area contributed by atoms with Crippen molar-refractivity contribution in [2.75, 3.05) is 19.6 Å². The van der Waals surface area contributed by atoms with E-state index >= 15 is 0 Å². The van der Waals surface area contributed by atoms with Crippen LogP contribution in [0.1, 0.15) is 29.3 Å². The molecule has 4 nitrogen and oxygen atoms in total. The summed E-state index contributed by atoms with van der Waals surface area (Å²) in [7, 11) is 0. The van der Waals surface area contributed by atoms with E-state index < -0.39 is 0 Å². The molecule has 1 saturated heterocycles. The standard InChI is InChI=1S/C21H24N2O2/c1-2-20(24)22-13-14-23(21(25)18-11-7-4-8-12-18)19(16-22)15-17-9-5-3-6-10-17/h3-12,19H,2,13-16H2,1H3. The maximum atomic E-state index is 13.0. The van der Waals surface area contributed by atoms with E-state index in [1.807, 2.05) is 65.3 Å². The fourth-order valence-corrected chi connectivity index (χ4v) is 3.38. The van der Waals surface area contributed by atoms with E-state index in [-0.39, 0.29) is 17.9 Å². The summed E-state index contributed by atoms with van der Waals surface area (Å²) >= 11 is 0. The van der Waals surface area contributed by atoms with Gasteiger partial charge in [0.05, 0.1) is 6.04 Å². The van der Waals surface area contributed by atoms with Gasteiger partial charge in [-0.15, -0.1) is 0 Å². The van der Waals surface area contributed by atoms with Gasteiger partial charge in [0.25, 0.3) is 5.91 Å². The first-order valence-electron chi connectivity index (χ1n) is 8.86. The van der Waals surface area contributed by atoms with E-state index in [4.69, 9.17) is 0 Å². The minimum atomic E-state index is -0.000596. The van der Waals surface area contributed by atoms with Crippen molar-refractivity contribution in [3.8, 4) is 0 Å². The molecule has 2 aromatic carbocycles. The Morgan fingerprint density at radius 3 is 2.24 bits per heavy atom. The first-order valence-corrected chi connectivity index (χ1v) is 8.86. The highest BCUT2D eigenvalue weighted by atomic mass is 16.2. The van der Waals surface area contributed by atoms with Crippen LogP contribution in [-0.2, 0) is 11.2 Å². The van der Waals surface area contributed by atoms with Gasteiger partial charge in [-0.1, -0.05) is 55.5 Å². The van der Waals surface area contributed by atoms with Gasteiger partial charge in [0, 0.05) is 31.6 Å². The largest absolute Gasteiger partial charge is 0.339 e. The molecule has 0 spiro atoms. The third kappa shape index (κ3) is 4.08. The smallest absolute Gasteiger partial charge is 0.254 e. The molecule has 1 aliphatic heterocycles. The molecule has 2 amide bonds. The van der Waals surface area contributed by atoms with Gasteiger partial charge in [-0.3, -0.25) is 9.59 Å². The fraction of sp³-hybridized carbons (Fsp3) is 0.333. The van der Waals surface area contributed by atoms with Gasteiger partial charge in [-0.05, 0) is 24.1 Å². The van der Waals surface area contributed by atoms with E-state index in [9.17, 15) is 9.59 Å². The van der Waals surface area contributed by atoms with Gasteiger partial charge in [0.1, 0.15) is 0 Å². The molecule has 1 unspecified atom stereocenters. The van der Waals surface area contributed by atoms with Crippen molar-refractivity contribution in [1.82, 2.24) is 9.80 Å². The Morgan fingerprint density at radius 2 is 1.60 bits per heavy atom. The van der Waals surface area contributed by atoms with Crippen molar-refractivity contribution in [3.05, 3.63) is 71.8 Å². The number of carbonyl (C=O) groups is 2. The number of benzene rings is 2. The third-order valence-electron chi connectivity index (χ3n) is 4.73. The molecule has 25 heavy (non-hydrogen) atoms. The molecule has 0 N–H and O–H groups in total. The Balaban J connectivity index is 1.82. The maximum absolute atomic E-state index is 13.0. The molecule has 1 atom stereocenters. The van der Waals surface area contributed by atoms with Gasteiger partial charge in [-0.2, -0.15) is 0 Å². The van der Waals surface area contributed by atoms with Crippen molar-refractivity contribution >= 4 is 11.8 Å². The van der Waals surface area contributed by atoms with E-state index in [0.29, 0.717) is 31.6 Å². The second-order valence-corrected chi connectivity index (χ2v) is 6.40. The van der Waals surface area contributed by atoms with Crippen LogP contribution in [0.3, 0.4) is 0 Å². The van der Waals surface area contributed by atoms with Crippen LogP contribution in [0.15, 0.2) is 60.7 Å². The average molecular weight is 336 g/mol. The third-order valence-corrected chi connectivity index (χ3v) is 4.73. The first kappa shape index (κ1) is 17.2. The summed E-state index contributed by atoms with van der Waals surface area (Å²) in [6, 6.07) is 19.5. The highest BCUT2D eigenvalue weighted by Gasteiger charge is 2.32. The lowest BCUT2D eigenvalue weighted by Gasteiger charge is -2.41. The summed E-state index contributed by atoms with van der Waals surface area (Å²) in [6.45, 7) is 3.67. The summed E-state index contributed by atoms with van der Waals surface area (Å²) in [6.07, 6.45) is 1.26. The summed E-state index contributed by atoms with van der Waals surface area (Å²) < 4.78 is 0. The van der Waals surface area contributed by atoms with Crippen LogP contribution in [-0.4, -0.2) is 47.3 Å². The molecule has 1 fully saturated rings. The van der Waals surface area contributed by atoms with Crippen molar-refractivity contribution in [1.29, 1.82) is 0 Å². The number of carbonyl (C=O) groups excluding carboxylic acids is 2. The van der Waals surface area contributed by atoms with Crippen LogP contribution in [0.5, 0.6) is 0 Å². The molecule has 0 radical (unpaired) electrons. The number of piperazine rings is 1. The highest BCUT2D eigenvalue weighted by molar-refractivity contribution is 5.94. The molecule has 4 heteroatoms. The van der Waals surface area contributed by atoms with Crippen LogP contribution in [0.2, 0.25) is 0 Å².